The predicted molar refractivity (Wildman–Crippen MR) is 89.4 cm³/mol. The van der Waals surface area contributed by atoms with Gasteiger partial charge in [0.15, 0.2) is 0 Å². The number of benzene rings is 2. The maximum Gasteiger partial charge on any atom is 0.241 e. The van der Waals surface area contributed by atoms with Gasteiger partial charge in [0.2, 0.25) is 15.9 Å². The van der Waals surface area contributed by atoms with Gasteiger partial charge in [0.05, 0.1) is 11.4 Å². The van der Waals surface area contributed by atoms with E-state index in [0.717, 1.165) is 16.7 Å². The molecule has 23 heavy (non-hydrogen) atoms. The highest BCUT2D eigenvalue weighted by Gasteiger charge is 2.15. The van der Waals surface area contributed by atoms with E-state index in [-0.39, 0.29) is 17.3 Å². The number of carbonyl (C=O) groups excluding carboxylic acids is 1. The van der Waals surface area contributed by atoms with E-state index in [1.165, 1.54) is 6.07 Å². The van der Waals surface area contributed by atoms with Crippen molar-refractivity contribution in [2.24, 2.45) is 0 Å². The normalized spacial score (nSPS) is 11.2. The lowest BCUT2D eigenvalue weighted by Gasteiger charge is -2.09. The molecule has 0 radical (unpaired) electrons. The molecule has 0 aliphatic rings. The van der Waals surface area contributed by atoms with Crippen LogP contribution in [0, 0.1) is 13.8 Å². The van der Waals surface area contributed by atoms with Crippen molar-refractivity contribution in [2.75, 3.05) is 6.54 Å². The molecule has 6 heteroatoms. The summed E-state index contributed by atoms with van der Waals surface area (Å²) in [6, 6.07) is 14.3. The Bertz CT molecular complexity index is 801. The second kappa shape index (κ2) is 7.39. The molecule has 0 saturated carbocycles. The molecule has 0 saturated heterocycles. The lowest BCUT2D eigenvalue weighted by atomic mass is 10.1. The SMILES string of the molecule is Cc1cccc(S(=O)(=O)NCC(=O)NCc2ccccc2C)c1. The summed E-state index contributed by atoms with van der Waals surface area (Å²) in [5.74, 6) is -0.371. The number of aryl methyl sites for hydroxylation is 2. The molecule has 5 nitrogen and oxygen atoms in total. The van der Waals surface area contributed by atoms with Crippen molar-refractivity contribution in [1.82, 2.24) is 10.0 Å². The van der Waals surface area contributed by atoms with Crippen molar-refractivity contribution in [2.45, 2.75) is 25.3 Å². The van der Waals surface area contributed by atoms with Crippen LogP contribution in [0.25, 0.3) is 0 Å². The standard InChI is InChI=1S/C17H20N2O3S/c1-13-6-5-9-16(10-13)23(21,22)19-12-17(20)18-11-15-8-4-3-7-14(15)2/h3-10,19H,11-12H2,1-2H3,(H,18,20). The number of hydrogen-bond donors (Lipinski definition) is 2. The van der Waals surface area contributed by atoms with Crippen LogP contribution in [-0.4, -0.2) is 20.9 Å². The largest absolute Gasteiger partial charge is 0.351 e. The third kappa shape index (κ3) is 4.91. The molecular weight excluding hydrogens is 312 g/mol. The number of amides is 1. The molecule has 2 N–H and O–H groups in total. The van der Waals surface area contributed by atoms with E-state index in [1.54, 1.807) is 12.1 Å². The molecule has 0 aliphatic heterocycles. The zero-order valence-corrected chi connectivity index (χ0v) is 14.0. The van der Waals surface area contributed by atoms with Crippen molar-refractivity contribution in [3.05, 3.63) is 65.2 Å². The summed E-state index contributed by atoms with van der Waals surface area (Å²) in [6.07, 6.45) is 0. The molecule has 2 aromatic carbocycles. The van der Waals surface area contributed by atoms with Crippen molar-refractivity contribution in [3.8, 4) is 0 Å². The van der Waals surface area contributed by atoms with Gasteiger partial charge in [-0.3, -0.25) is 4.79 Å². The molecule has 0 fully saturated rings. The Morgan fingerprint density at radius 3 is 2.48 bits per heavy atom. The third-order valence-corrected chi connectivity index (χ3v) is 4.86. The average Bonchev–Trinajstić information content (AvgIpc) is 2.52. The molecular formula is C17H20N2O3S. The van der Waals surface area contributed by atoms with Gasteiger partial charge in [-0.25, -0.2) is 13.1 Å². The molecule has 0 bridgehead atoms. The average molecular weight is 332 g/mol. The van der Waals surface area contributed by atoms with Crippen LogP contribution in [0.1, 0.15) is 16.7 Å². The van der Waals surface area contributed by atoms with Gasteiger partial charge >= 0.3 is 0 Å². The fraction of sp³-hybridized carbons (Fsp3) is 0.235. The first kappa shape index (κ1) is 17.2. The summed E-state index contributed by atoms with van der Waals surface area (Å²) in [4.78, 5) is 12.0. The van der Waals surface area contributed by atoms with Crippen LogP contribution >= 0.6 is 0 Å². The van der Waals surface area contributed by atoms with E-state index in [4.69, 9.17) is 0 Å². The van der Waals surface area contributed by atoms with Crippen LogP contribution in [0.2, 0.25) is 0 Å². The summed E-state index contributed by atoms with van der Waals surface area (Å²) >= 11 is 0. The van der Waals surface area contributed by atoms with Gasteiger partial charge in [-0.1, -0.05) is 36.4 Å². The van der Waals surface area contributed by atoms with Gasteiger partial charge in [-0.05, 0) is 42.7 Å². The molecule has 2 rings (SSSR count). The topological polar surface area (TPSA) is 75.3 Å². The number of rotatable bonds is 6. The van der Waals surface area contributed by atoms with Crippen LogP contribution in [0.15, 0.2) is 53.4 Å². The van der Waals surface area contributed by atoms with E-state index < -0.39 is 10.0 Å². The van der Waals surface area contributed by atoms with Crippen LogP contribution in [0.3, 0.4) is 0 Å². The fourth-order valence-corrected chi connectivity index (χ4v) is 3.18. The molecule has 122 valence electrons. The van der Waals surface area contributed by atoms with Gasteiger partial charge < -0.3 is 5.32 Å². The van der Waals surface area contributed by atoms with Gasteiger partial charge in [0.1, 0.15) is 0 Å². The van der Waals surface area contributed by atoms with Crippen molar-refractivity contribution in [3.63, 3.8) is 0 Å². The number of hydrogen-bond acceptors (Lipinski definition) is 3. The fourth-order valence-electron chi connectivity index (χ4n) is 2.09. The zero-order chi connectivity index (χ0) is 16.9. The van der Waals surface area contributed by atoms with Crippen molar-refractivity contribution < 1.29 is 13.2 Å². The van der Waals surface area contributed by atoms with Gasteiger partial charge in [-0.2, -0.15) is 0 Å². The molecule has 2 aromatic rings. The van der Waals surface area contributed by atoms with Gasteiger partial charge in [0.25, 0.3) is 0 Å². The van der Waals surface area contributed by atoms with E-state index >= 15 is 0 Å². The summed E-state index contributed by atoms with van der Waals surface area (Å²) in [5.41, 5.74) is 2.92. The second-order valence-corrected chi connectivity index (χ2v) is 7.11. The number of carbonyl (C=O) groups is 1. The minimum atomic E-state index is -3.68. The van der Waals surface area contributed by atoms with E-state index in [2.05, 4.69) is 10.0 Å². The highest BCUT2D eigenvalue weighted by atomic mass is 32.2. The van der Waals surface area contributed by atoms with Gasteiger partial charge in [0, 0.05) is 6.54 Å². The third-order valence-electron chi connectivity index (χ3n) is 3.46. The Balaban J connectivity index is 1.90. The Hall–Kier alpha value is -2.18. The quantitative estimate of drug-likeness (QED) is 0.848. The highest BCUT2D eigenvalue weighted by molar-refractivity contribution is 7.89. The van der Waals surface area contributed by atoms with E-state index in [9.17, 15) is 13.2 Å². The highest BCUT2D eigenvalue weighted by Crippen LogP contribution is 2.10. The monoisotopic (exact) mass is 332 g/mol. The summed E-state index contributed by atoms with van der Waals surface area (Å²) in [7, 11) is -3.68. The van der Waals surface area contributed by atoms with Crippen molar-refractivity contribution in [1.29, 1.82) is 0 Å². The van der Waals surface area contributed by atoms with Crippen LogP contribution in [-0.2, 0) is 21.4 Å². The van der Waals surface area contributed by atoms with Crippen LogP contribution in [0.5, 0.6) is 0 Å². The first-order chi connectivity index (χ1) is 10.9. The Labute approximate surface area is 136 Å². The molecule has 1 amide bonds. The maximum absolute atomic E-state index is 12.1. The summed E-state index contributed by atoms with van der Waals surface area (Å²) in [5, 5.41) is 2.71. The van der Waals surface area contributed by atoms with E-state index in [1.807, 2.05) is 44.2 Å². The summed E-state index contributed by atoms with van der Waals surface area (Å²) in [6.45, 7) is 3.86. The Kier molecular flexibility index (Phi) is 5.52. The molecule has 0 unspecified atom stereocenters. The maximum atomic E-state index is 12.1. The second-order valence-electron chi connectivity index (χ2n) is 5.34. The van der Waals surface area contributed by atoms with Crippen molar-refractivity contribution >= 4 is 15.9 Å². The molecule has 0 heterocycles. The lowest BCUT2D eigenvalue weighted by molar-refractivity contribution is -0.120. The Morgan fingerprint density at radius 2 is 1.78 bits per heavy atom. The number of nitrogens with one attached hydrogen (secondary N) is 2. The first-order valence-electron chi connectivity index (χ1n) is 7.26. The predicted octanol–water partition coefficient (Wildman–Crippen LogP) is 1.90. The van der Waals surface area contributed by atoms with Crippen LogP contribution in [0.4, 0.5) is 0 Å². The smallest absolute Gasteiger partial charge is 0.241 e. The molecule has 0 atom stereocenters. The first-order valence-corrected chi connectivity index (χ1v) is 8.74. The zero-order valence-electron chi connectivity index (χ0n) is 13.2. The minimum absolute atomic E-state index is 0.157. The molecule has 0 spiro atoms. The summed E-state index contributed by atoms with van der Waals surface area (Å²) < 4.78 is 26.6. The lowest BCUT2D eigenvalue weighted by Crippen LogP contribution is -2.36. The molecule has 0 aliphatic carbocycles. The van der Waals surface area contributed by atoms with Gasteiger partial charge in [-0.15, -0.1) is 0 Å². The minimum Gasteiger partial charge on any atom is -0.351 e. The number of sulfonamides is 1. The Morgan fingerprint density at radius 1 is 1.04 bits per heavy atom. The molecule has 0 aromatic heterocycles. The van der Waals surface area contributed by atoms with Crippen LogP contribution < -0.4 is 10.0 Å². The van der Waals surface area contributed by atoms with E-state index in [0.29, 0.717) is 6.54 Å².